The van der Waals surface area contributed by atoms with Crippen LogP contribution in [0, 0.1) is 0 Å². The molecule has 5 heteroatoms. The molecule has 1 atom stereocenters. The van der Waals surface area contributed by atoms with E-state index in [-0.39, 0.29) is 5.75 Å². The molecule has 1 unspecified atom stereocenters. The van der Waals surface area contributed by atoms with Gasteiger partial charge in [-0.05, 0) is 12.5 Å². The van der Waals surface area contributed by atoms with Crippen molar-refractivity contribution in [2.45, 2.75) is 18.9 Å². The van der Waals surface area contributed by atoms with Gasteiger partial charge in [-0.25, -0.2) is 4.79 Å². The van der Waals surface area contributed by atoms with E-state index in [1.165, 1.54) is 20.3 Å². The van der Waals surface area contributed by atoms with E-state index in [0.29, 0.717) is 12.0 Å². The predicted octanol–water partition coefficient (Wildman–Crippen LogP) is 1.75. The number of carbonyl (C=O) groups excluding carboxylic acids is 1. The number of hydrogen-bond acceptors (Lipinski definition) is 5. The summed E-state index contributed by atoms with van der Waals surface area (Å²) >= 11 is 0. The first-order valence-corrected chi connectivity index (χ1v) is 5.21. The van der Waals surface area contributed by atoms with E-state index in [0.717, 1.165) is 0 Å². The lowest BCUT2D eigenvalue weighted by Gasteiger charge is -2.28. The smallest absolute Gasteiger partial charge is 0.378 e. The first kappa shape index (κ1) is 13.5. The zero-order valence-corrected chi connectivity index (χ0v) is 10.1. The van der Waals surface area contributed by atoms with Crippen LogP contribution >= 0.6 is 0 Å². The zero-order chi connectivity index (χ0) is 12.9. The van der Waals surface area contributed by atoms with Crippen LogP contribution in [-0.4, -0.2) is 25.3 Å². The first-order valence-electron chi connectivity index (χ1n) is 5.21. The number of phenolic OH excluding ortho intramolecular Hbond substituents is 1. The average molecular weight is 240 g/mol. The summed E-state index contributed by atoms with van der Waals surface area (Å²) in [4.78, 5) is 20.8. The van der Waals surface area contributed by atoms with Crippen LogP contribution in [0.3, 0.4) is 0 Å². The maximum atomic E-state index is 11.9. The molecule has 0 fully saturated rings. The molecule has 1 N–H and O–H groups in total. The molecule has 0 saturated heterocycles. The molecule has 0 saturated carbocycles. The van der Waals surface area contributed by atoms with E-state index >= 15 is 0 Å². The highest BCUT2D eigenvalue weighted by Gasteiger charge is 2.43. The van der Waals surface area contributed by atoms with Crippen LogP contribution in [0.25, 0.3) is 0 Å². The number of phenols is 1. The minimum atomic E-state index is -1.36. The minimum absolute atomic E-state index is 0.0238. The highest BCUT2D eigenvalue weighted by molar-refractivity contribution is 5.82. The normalized spacial score (nSPS) is 14.1. The molecule has 0 radical (unpaired) electrons. The maximum absolute atomic E-state index is 11.9. The topological polar surface area (TPSA) is 65.0 Å². The Balaban J connectivity index is 3.25. The van der Waals surface area contributed by atoms with Gasteiger partial charge in [0.1, 0.15) is 5.75 Å². The van der Waals surface area contributed by atoms with Crippen LogP contribution in [0.5, 0.6) is 5.75 Å². The number of benzene rings is 1. The van der Waals surface area contributed by atoms with Gasteiger partial charge in [0.15, 0.2) is 5.60 Å². The summed E-state index contributed by atoms with van der Waals surface area (Å²) in [6, 6.07) is 6.47. The van der Waals surface area contributed by atoms with E-state index in [9.17, 15) is 9.90 Å². The highest BCUT2D eigenvalue weighted by Crippen LogP contribution is 2.36. The second-order valence-corrected chi connectivity index (χ2v) is 3.44. The molecule has 0 spiro atoms. The number of aromatic hydroxyl groups is 1. The van der Waals surface area contributed by atoms with Crippen LogP contribution in [-0.2, 0) is 24.9 Å². The zero-order valence-electron chi connectivity index (χ0n) is 10.1. The summed E-state index contributed by atoms with van der Waals surface area (Å²) in [6.45, 7) is 1.76. The molecule has 1 aromatic carbocycles. The quantitative estimate of drug-likeness (QED) is 0.627. The Morgan fingerprint density at radius 3 is 2.47 bits per heavy atom. The van der Waals surface area contributed by atoms with E-state index in [1.54, 1.807) is 25.1 Å². The molecule has 0 aromatic heterocycles. The van der Waals surface area contributed by atoms with Gasteiger partial charge in [0.25, 0.3) is 0 Å². The SMILES string of the molecule is CCC(OC)(C(=O)OOC)c1ccccc1O. The van der Waals surface area contributed by atoms with Crippen LogP contribution in [0.2, 0.25) is 0 Å². The predicted molar refractivity (Wildman–Crippen MR) is 60.2 cm³/mol. The molecule has 0 aliphatic carbocycles. The fourth-order valence-corrected chi connectivity index (χ4v) is 1.74. The Labute approximate surface area is 99.8 Å². The lowest BCUT2D eigenvalue weighted by molar-refractivity contribution is -0.273. The third-order valence-electron chi connectivity index (χ3n) is 2.67. The number of ether oxygens (including phenoxy) is 1. The van der Waals surface area contributed by atoms with Gasteiger partial charge in [0.05, 0.1) is 7.11 Å². The molecular weight excluding hydrogens is 224 g/mol. The van der Waals surface area contributed by atoms with Crippen molar-refractivity contribution in [3.63, 3.8) is 0 Å². The molecule has 0 amide bonds. The fraction of sp³-hybridized carbons (Fsp3) is 0.417. The largest absolute Gasteiger partial charge is 0.508 e. The van der Waals surface area contributed by atoms with Gasteiger partial charge in [0.2, 0.25) is 0 Å². The lowest BCUT2D eigenvalue weighted by Crippen LogP contribution is -2.38. The van der Waals surface area contributed by atoms with Gasteiger partial charge >= 0.3 is 5.97 Å². The van der Waals surface area contributed by atoms with Crippen molar-refractivity contribution < 1.29 is 24.4 Å². The number of para-hydroxylation sites is 1. The number of methoxy groups -OCH3 is 1. The fourth-order valence-electron chi connectivity index (χ4n) is 1.74. The summed E-state index contributed by atoms with van der Waals surface area (Å²) in [5.74, 6) is -0.726. The molecule has 0 aliphatic rings. The van der Waals surface area contributed by atoms with Crippen LogP contribution < -0.4 is 0 Å². The summed E-state index contributed by atoms with van der Waals surface area (Å²) in [5.41, 5.74) is -1.01. The summed E-state index contributed by atoms with van der Waals surface area (Å²) in [6.07, 6.45) is 0.309. The molecule has 17 heavy (non-hydrogen) atoms. The van der Waals surface area contributed by atoms with Gasteiger partial charge in [-0.3, -0.25) is 4.89 Å². The second-order valence-electron chi connectivity index (χ2n) is 3.44. The Kier molecular flexibility index (Phi) is 4.48. The summed E-state index contributed by atoms with van der Waals surface area (Å²) in [5, 5.41) is 9.80. The van der Waals surface area contributed by atoms with Crippen LogP contribution in [0.15, 0.2) is 24.3 Å². The molecule has 94 valence electrons. The molecular formula is C12H16O5. The summed E-state index contributed by atoms with van der Waals surface area (Å²) in [7, 11) is 2.62. The van der Waals surface area contributed by atoms with Crippen molar-refractivity contribution >= 4 is 5.97 Å². The van der Waals surface area contributed by atoms with Gasteiger partial charge in [0, 0.05) is 12.7 Å². The molecule has 0 bridgehead atoms. The minimum Gasteiger partial charge on any atom is -0.508 e. The molecule has 0 aliphatic heterocycles. The van der Waals surface area contributed by atoms with Crippen molar-refractivity contribution in [3.8, 4) is 5.75 Å². The molecule has 5 nitrogen and oxygen atoms in total. The Morgan fingerprint density at radius 2 is 2.00 bits per heavy atom. The lowest BCUT2D eigenvalue weighted by atomic mass is 9.90. The number of rotatable bonds is 5. The summed E-state index contributed by atoms with van der Waals surface area (Å²) < 4.78 is 5.25. The van der Waals surface area contributed by atoms with Crippen LogP contribution in [0.1, 0.15) is 18.9 Å². The van der Waals surface area contributed by atoms with Gasteiger partial charge in [-0.2, -0.15) is 4.89 Å². The van der Waals surface area contributed by atoms with Gasteiger partial charge < -0.3 is 9.84 Å². The molecule has 1 aromatic rings. The van der Waals surface area contributed by atoms with Crippen molar-refractivity contribution in [1.29, 1.82) is 0 Å². The first-order chi connectivity index (χ1) is 8.12. The maximum Gasteiger partial charge on any atom is 0.378 e. The standard InChI is InChI=1S/C12H16O5/c1-4-12(15-2,11(14)17-16-3)9-7-5-6-8-10(9)13/h5-8,13H,4H2,1-3H3. The van der Waals surface area contributed by atoms with Crippen LogP contribution in [0.4, 0.5) is 0 Å². The van der Waals surface area contributed by atoms with Crippen molar-refractivity contribution in [3.05, 3.63) is 29.8 Å². The van der Waals surface area contributed by atoms with Gasteiger partial charge in [-0.1, -0.05) is 25.1 Å². The van der Waals surface area contributed by atoms with E-state index in [1.807, 2.05) is 0 Å². The average Bonchev–Trinajstić information content (AvgIpc) is 2.34. The Morgan fingerprint density at radius 1 is 1.35 bits per heavy atom. The number of carbonyl (C=O) groups is 1. The molecule has 1 rings (SSSR count). The van der Waals surface area contributed by atoms with E-state index in [2.05, 4.69) is 9.78 Å². The number of hydrogen-bond donors (Lipinski definition) is 1. The Hall–Kier alpha value is -1.59. The van der Waals surface area contributed by atoms with E-state index in [4.69, 9.17) is 4.74 Å². The monoisotopic (exact) mass is 240 g/mol. The highest BCUT2D eigenvalue weighted by atomic mass is 17.2. The van der Waals surface area contributed by atoms with Crippen molar-refractivity contribution in [2.75, 3.05) is 14.2 Å². The van der Waals surface area contributed by atoms with Crippen molar-refractivity contribution in [2.24, 2.45) is 0 Å². The van der Waals surface area contributed by atoms with Crippen molar-refractivity contribution in [1.82, 2.24) is 0 Å². The van der Waals surface area contributed by atoms with Gasteiger partial charge in [-0.15, -0.1) is 0 Å². The third kappa shape index (κ3) is 2.40. The molecule has 0 heterocycles. The second kappa shape index (κ2) is 5.65. The Bertz CT molecular complexity index is 384. The van der Waals surface area contributed by atoms with E-state index < -0.39 is 11.6 Å². The third-order valence-corrected chi connectivity index (χ3v) is 2.67.